The highest BCUT2D eigenvalue weighted by Crippen LogP contribution is 2.42. The van der Waals surface area contributed by atoms with Crippen LogP contribution in [0, 0.1) is 0 Å². The van der Waals surface area contributed by atoms with E-state index >= 15 is 0 Å². The van der Waals surface area contributed by atoms with Gasteiger partial charge in [-0.1, -0.05) is 66.7 Å². The number of aromatic nitrogens is 2. The second-order valence-corrected chi connectivity index (χ2v) is 8.26. The Balaban J connectivity index is 1.47. The predicted molar refractivity (Wildman–Crippen MR) is 144 cm³/mol. The van der Waals surface area contributed by atoms with E-state index in [1.165, 1.54) is 0 Å². The number of benzene rings is 3. The van der Waals surface area contributed by atoms with Crippen molar-refractivity contribution in [3.63, 3.8) is 0 Å². The molecule has 6 nitrogen and oxygen atoms in total. The molecule has 5 aromatic rings. The minimum absolute atomic E-state index is 0.560. The monoisotopic (exact) mass is 479 g/mol. The van der Waals surface area contributed by atoms with E-state index in [0.29, 0.717) is 25.5 Å². The fourth-order valence-electron chi connectivity index (χ4n) is 4.32. The lowest BCUT2D eigenvalue weighted by molar-refractivity contribution is 0.287. The number of furan rings is 1. The molecule has 182 valence electrons. The number of nitrogens with zero attached hydrogens (tertiary/aromatic N) is 2. The Morgan fingerprint density at radius 1 is 0.778 bits per heavy atom. The molecule has 0 aliphatic heterocycles. The molecule has 2 heterocycles. The van der Waals surface area contributed by atoms with Crippen molar-refractivity contribution >= 4 is 16.9 Å². The summed E-state index contributed by atoms with van der Waals surface area (Å²) >= 11 is 0. The maximum Gasteiger partial charge on any atom is 0.232 e. The first-order valence-electron chi connectivity index (χ1n) is 12.3. The second-order valence-electron chi connectivity index (χ2n) is 8.26. The van der Waals surface area contributed by atoms with Gasteiger partial charge in [-0.05, 0) is 43.5 Å². The Morgan fingerprint density at radius 2 is 1.47 bits per heavy atom. The molecule has 0 aliphatic rings. The lowest BCUT2D eigenvalue weighted by Crippen LogP contribution is -2.07. The van der Waals surface area contributed by atoms with Crippen LogP contribution in [0.25, 0.3) is 33.6 Å². The topological polar surface area (TPSA) is 69.4 Å². The fraction of sp³-hybridized carbons (Fsp3) is 0.200. The largest absolute Gasteiger partial charge is 0.490 e. The van der Waals surface area contributed by atoms with Crippen molar-refractivity contribution < 1.29 is 13.9 Å². The average Bonchev–Trinajstić information content (AvgIpc) is 3.32. The summed E-state index contributed by atoms with van der Waals surface area (Å²) in [4.78, 5) is 9.04. The zero-order chi connectivity index (χ0) is 24.7. The van der Waals surface area contributed by atoms with Crippen LogP contribution in [-0.4, -0.2) is 29.7 Å². The molecule has 2 aromatic heterocycles. The number of anilines is 1. The van der Waals surface area contributed by atoms with E-state index in [2.05, 4.69) is 33.5 Å². The molecule has 3 aromatic carbocycles. The molecule has 0 spiro atoms. The molecular formula is C30H29N3O3. The van der Waals surface area contributed by atoms with Crippen molar-refractivity contribution in [3.8, 4) is 33.9 Å². The highest BCUT2D eigenvalue weighted by atomic mass is 16.5. The van der Waals surface area contributed by atoms with Crippen LogP contribution in [0.15, 0.2) is 89.6 Å². The predicted octanol–water partition coefficient (Wildman–Crippen LogP) is 7.01. The molecule has 0 bridgehead atoms. The van der Waals surface area contributed by atoms with Gasteiger partial charge in [-0.2, -0.15) is 0 Å². The van der Waals surface area contributed by atoms with Crippen LogP contribution in [0.4, 0.5) is 5.82 Å². The van der Waals surface area contributed by atoms with Crippen LogP contribution in [0.5, 0.6) is 11.5 Å². The van der Waals surface area contributed by atoms with Crippen LogP contribution in [0.3, 0.4) is 0 Å². The molecule has 0 radical (unpaired) electrons. The molecule has 36 heavy (non-hydrogen) atoms. The maximum absolute atomic E-state index is 6.30. The van der Waals surface area contributed by atoms with Gasteiger partial charge in [-0.3, -0.25) is 0 Å². The van der Waals surface area contributed by atoms with Gasteiger partial charge in [0.05, 0.1) is 18.6 Å². The van der Waals surface area contributed by atoms with Crippen molar-refractivity contribution in [1.82, 2.24) is 9.97 Å². The molecule has 0 atom stereocenters. The van der Waals surface area contributed by atoms with Gasteiger partial charge < -0.3 is 19.2 Å². The van der Waals surface area contributed by atoms with Gasteiger partial charge >= 0.3 is 0 Å². The number of nitrogens with one attached hydrogen (secondary N) is 1. The van der Waals surface area contributed by atoms with Crippen LogP contribution in [0.2, 0.25) is 0 Å². The molecular weight excluding hydrogens is 450 g/mol. The molecule has 0 saturated carbocycles. The van der Waals surface area contributed by atoms with Crippen molar-refractivity contribution in [2.45, 2.75) is 20.3 Å². The SMILES string of the molecule is CCOc1ccc(CCNc2ncnc3oc(-c4ccccc4)c(-c4ccccc4)c23)cc1OCC. The summed E-state index contributed by atoms with van der Waals surface area (Å²) in [5, 5.41) is 4.40. The average molecular weight is 480 g/mol. The molecule has 0 aliphatic carbocycles. The van der Waals surface area contributed by atoms with Gasteiger partial charge in [0, 0.05) is 17.7 Å². The maximum atomic E-state index is 6.30. The van der Waals surface area contributed by atoms with Gasteiger partial charge in [-0.15, -0.1) is 0 Å². The van der Waals surface area contributed by atoms with Crippen LogP contribution in [-0.2, 0) is 6.42 Å². The minimum Gasteiger partial charge on any atom is -0.490 e. The summed E-state index contributed by atoms with van der Waals surface area (Å²) in [6, 6.07) is 26.5. The molecule has 0 amide bonds. The number of ether oxygens (including phenoxy) is 2. The van der Waals surface area contributed by atoms with Crippen LogP contribution in [0.1, 0.15) is 19.4 Å². The zero-order valence-corrected chi connectivity index (χ0v) is 20.5. The smallest absolute Gasteiger partial charge is 0.232 e. The normalized spacial score (nSPS) is 10.9. The summed E-state index contributed by atoms with van der Waals surface area (Å²) in [5.74, 6) is 3.08. The molecule has 0 saturated heterocycles. The lowest BCUT2D eigenvalue weighted by Gasteiger charge is -2.13. The lowest BCUT2D eigenvalue weighted by atomic mass is 9.99. The first-order valence-corrected chi connectivity index (χ1v) is 12.3. The van der Waals surface area contributed by atoms with Crippen LogP contribution < -0.4 is 14.8 Å². The highest BCUT2D eigenvalue weighted by molar-refractivity contribution is 6.05. The third-order valence-electron chi connectivity index (χ3n) is 5.90. The third-order valence-corrected chi connectivity index (χ3v) is 5.90. The fourth-order valence-corrected chi connectivity index (χ4v) is 4.32. The van der Waals surface area contributed by atoms with Gasteiger partial charge in [0.25, 0.3) is 0 Å². The van der Waals surface area contributed by atoms with Crippen molar-refractivity contribution in [2.75, 3.05) is 25.1 Å². The molecule has 6 heteroatoms. The van der Waals surface area contributed by atoms with E-state index < -0.39 is 0 Å². The Hall–Kier alpha value is -4.32. The zero-order valence-electron chi connectivity index (χ0n) is 20.5. The number of hydrogen-bond donors (Lipinski definition) is 1. The molecule has 0 fully saturated rings. The summed E-state index contributed by atoms with van der Waals surface area (Å²) < 4.78 is 17.8. The van der Waals surface area contributed by atoms with Crippen molar-refractivity contribution in [3.05, 3.63) is 90.8 Å². The summed E-state index contributed by atoms with van der Waals surface area (Å²) in [5.41, 5.74) is 4.75. The van der Waals surface area contributed by atoms with E-state index in [0.717, 1.165) is 57.1 Å². The molecule has 1 N–H and O–H groups in total. The Kier molecular flexibility index (Phi) is 7.12. The number of rotatable bonds is 10. The summed E-state index contributed by atoms with van der Waals surface area (Å²) in [7, 11) is 0. The van der Waals surface area contributed by atoms with Crippen LogP contribution >= 0.6 is 0 Å². The summed E-state index contributed by atoms with van der Waals surface area (Å²) in [6.45, 7) is 5.82. The van der Waals surface area contributed by atoms with Crippen molar-refractivity contribution in [1.29, 1.82) is 0 Å². The first-order chi connectivity index (χ1) is 17.8. The van der Waals surface area contributed by atoms with E-state index in [1.807, 2.05) is 74.5 Å². The van der Waals surface area contributed by atoms with Gasteiger partial charge in [0.15, 0.2) is 11.5 Å². The second kappa shape index (κ2) is 11.0. The molecule has 5 rings (SSSR count). The quantitative estimate of drug-likeness (QED) is 0.232. The number of hydrogen-bond acceptors (Lipinski definition) is 6. The Morgan fingerprint density at radius 3 is 2.19 bits per heavy atom. The van der Waals surface area contributed by atoms with Gasteiger partial charge in [-0.25, -0.2) is 9.97 Å². The third kappa shape index (κ3) is 4.89. The first kappa shape index (κ1) is 23.4. The highest BCUT2D eigenvalue weighted by Gasteiger charge is 2.21. The van der Waals surface area contributed by atoms with E-state index in [-0.39, 0.29) is 0 Å². The Bertz CT molecular complexity index is 1430. The van der Waals surface area contributed by atoms with Gasteiger partial charge in [0.1, 0.15) is 17.9 Å². The van der Waals surface area contributed by atoms with E-state index in [4.69, 9.17) is 13.9 Å². The Labute approximate surface area is 210 Å². The summed E-state index contributed by atoms with van der Waals surface area (Å²) in [6.07, 6.45) is 2.34. The minimum atomic E-state index is 0.560. The van der Waals surface area contributed by atoms with E-state index in [1.54, 1.807) is 6.33 Å². The standard InChI is InChI=1S/C30H29N3O3/c1-3-34-24-16-15-21(19-25(24)35-4-2)17-18-31-29-27-26(22-11-7-5-8-12-22)28(23-13-9-6-10-14-23)36-30(27)33-20-32-29/h5-16,19-20H,3-4,17-18H2,1-2H3,(H,31,32,33). The van der Waals surface area contributed by atoms with Crippen molar-refractivity contribution in [2.24, 2.45) is 0 Å². The van der Waals surface area contributed by atoms with Gasteiger partial charge in [0.2, 0.25) is 5.71 Å². The molecule has 0 unspecified atom stereocenters. The van der Waals surface area contributed by atoms with E-state index in [9.17, 15) is 0 Å². The number of fused-ring (bicyclic) bond motifs is 1.